The van der Waals surface area contributed by atoms with E-state index in [9.17, 15) is 10.1 Å². The Bertz CT molecular complexity index is 707. The van der Waals surface area contributed by atoms with Crippen LogP contribution in [0, 0.1) is 17.2 Å². The third-order valence-electron chi connectivity index (χ3n) is 5.21. The first kappa shape index (κ1) is 19.2. The zero-order chi connectivity index (χ0) is 18.5. The van der Waals surface area contributed by atoms with Crippen LogP contribution in [0.25, 0.3) is 5.57 Å². The summed E-state index contributed by atoms with van der Waals surface area (Å²) in [6.07, 6.45) is 3.53. The van der Waals surface area contributed by atoms with Crippen molar-refractivity contribution >= 4 is 34.5 Å². The van der Waals surface area contributed by atoms with Crippen LogP contribution in [0.5, 0.6) is 0 Å². The molecule has 2 aliphatic rings. The second kappa shape index (κ2) is 8.90. The summed E-state index contributed by atoms with van der Waals surface area (Å²) in [5.41, 5.74) is 1.86. The number of nitriles is 1. The molecule has 2 fully saturated rings. The van der Waals surface area contributed by atoms with Crippen molar-refractivity contribution in [2.45, 2.75) is 25.7 Å². The molecule has 0 N–H and O–H groups in total. The minimum Gasteiger partial charge on any atom is -0.384 e. The van der Waals surface area contributed by atoms with Gasteiger partial charge in [0, 0.05) is 44.8 Å². The Kier molecular flexibility index (Phi) is 6.58. The van der Waals surface area contributed by atoms with Gasteiger partial charge in [-0.05, 0) is 49.3 Å². The second-order valence-electron chi connectivity index (χ2n) is 6.85. The molecule has 0 aliphatic carbocycles. The SMILES string of the molecule is COCC1CCN(C(=O)N2CCC(=C(C#N)c3ccc(Cl)s3)CC2)CC1. The highest BCUT2D eigenvalue weighted by atomic mass is 35.5. The van der Waals surface area contributed by atoms with Crippen LogP contribution in [0.3, 0.4) is 0 Å². The summed E-state index contributed by atoms with van der Waals surface area (Å²) >= 11 is 7.44. The molecular formula is C19H24ClN3O2S. The van der Waals surface area contributed by atoms with E-state index in [0.717, 1.165) is 61.4 Å². The number of thiophene rings is 1. The molecule has 5 nitrogen and oxygen atoms in total. The average molecular weight is 394 g/mol. The number of piperidine rings is 2. The second-order valence-corrected chi connectivity index (χ2v) is 8.56. The fourth-order valence-corrected chi connectivity index (χ4v) is 4.79. The Labute approximate surface area is 163 Å². The maximum Gasteiger partial charge on any atom is 0.320 e. The van der Waals surface area contributed by atoms with Gasteiger partial charge in [-0.25, -0.2) is 4.79 Å². The molecule has 2 saturated heterocycles. The molecule has 0 spiro atoms. The maximum absolute atomic E-state index is 12.8. The van der Waals surface area contributed by atoms with Gasteiger partial charge in [0.25, 0.3) is 0 Å². The van der Waals surface area contributed by atoms with Gasteiger partial charge in [-0.1, -0.05) is 11.6 Å². The highest BCUT2D eigenvalue weighted by Gasteiger charge is 2.28. The number of hydrogen-bond acceptors (Lipinski definition) is 4. The van der Waals surface area contributed by atoms with Crippen molar-refractivity contribution < 1.29 is 9.53 Å². The van der Waals surface area contributed by atoms with Crippen LogP contribution < -0.4 is 0 Å². The van der Waals surface area contributed by atoms with Crippen LogP contribution in [0.15, 0.2) is 17.7 Å². The van der Waals surface area contributed by atoms with E-state index in [1.807, 2.05) is 21.9 Å². The van der Waals surface area contributed by atoms with Gasteiger partial charge in [0.1, 0.15) is 6.07 Å². The van der Waals surface area contributed by atoms with E-state index in [1.54, 1.807) is 7.11 Å². The van der Waals surface area contributed by atoms with Gasteiger partial charge in [-0.3, -0.25) is 0 Å². The summed E-state index contributed by atoms with van der Waals surface area (Å²) in [7, 11) is 1.73. The molecule has 1 aromatic rings. The number of methoxy groups -OCH3 is 1. The molecule has 0 radical (unpaired) electrons. The zero-order valence-electron chi connectivity index (χ0n) is 15.0. The van der Waals surface area contributed by atoms with Gasteiger partial charge < -0.3 is 14.5 Å². The molecule has 1 aromatic heterocycles. The van der Waals surface area contributed by atoms with E-state index in [0.29, 0.717) is 23.3 Å². The third-order valence-corrected chi connectivity index (χ3v) is 6.46. The Morgan fingerprint density at radius 3 is 2.46 bits per heavy atom. The molecule has 2 amide bonds. The quantitative estimate of drug-likeness (QED) is 0.721. The van der Waals surface area contributed by atoms with Crippen molar-refractivity contribution in [3.63, 3.8) is 0 Å². The monoisotopic (exact) mass is 393 g/mol. The number of ether oxygens (including phenoxy) is 1. The van der Waals surface area contributed by atoms with Crippen molar-refractivity contribution in [1.82, 2.24) is 9.80 Å². The summed E-state index contributed by atoms with van der Waals surface area (Å²) < 4.78 is 5.92. The van der Waals surface area contributed by atoms with Crippen LogP contribution in [0.1, 0.15) is 30.6 Å². The van der Waals surface area contributed by atoms with E-state index in [4.69, 9.17) is 16.3 Å². The standard InChI is InChI=1S/C19H24ClN3O2S/c1-25-13-14-4-8-22(9-5-14)19(24)23-10-6-15(7-11-23)16(12-21)17-2-3-18(20)26-17/h2-3,14H,4-11,13H2,1H3. The van der Waals surface area contributed by atoms with Crippen LogP contribution in [0.2, 0.25) is 4.34 Å². The Morgan fingerprint density at radius 2 is 1.92 bits per heavy atom. The normalized spacial score (nSPS) is 18.7. The number of hydrogen-bond donors (Lipinski definition) is 0. The largest absolute Gasteiger partial charge is 0.384 e. The minimum atomic E-state index is 0.137. The minimum absolute atomic E-state index is 0.137. The molecule has 0 unspecified atom stereocenters. The zero-order valence-corrected chi connectivity index (χ0v) is 16.6. The van der Waals surface area contributed by atoms with Gasteiger partial charge >= 0.3 is 6.03 Å². The Morgan fingerprint density at radius 1 is 1.27 bits per heavy atom. The summed E-state index contributed by atoms with van der Waals surface area (Å²) in [4.78, 5) is 17.6. The first-order chi connectivity index (χ1) is 12.6. The first-order valence-electron chi connectivity index (χ1n) is 9.03. The van der Waals surface area contributed by atoms with Crippen LogP contribution in [-0.4, -0.2) is 55.7 Å². The number of urea groups is 1. The molecule has 26 heavy (non-hydrogen) atoms. The van der Waals surface area contributed by atoms with E-state index in [-0.39, 0.29) is 6.03 Å². The smallest absolute Gasteiger partial charge is 0.320 e. The van der Waals surface area contributed by atoms with E-state index >= 15 is 0 Å². The molecular weight excluding hydrogens is 370 g/mol. The number of allylic oxidation sites excluding steroid dienone is 1. The number of amides is 2. The van der Waals surface area contributed by atoms with Crippen molar-refractivity contribution in [2.24, 2.45) is 5.92 Å². The molecule has 0 atom stereocenters. The molecule has 3 heterocycles. The fraction of sp³-hybridized carbons (Fsp3) is 0.579. The Balaban J connectivity index is 1.57. The maximum atomic E-state index is 12.8. The fourth-order valence-electron chi connectivity index (χ4n) is 3.70. The van der Waals surface area contributed by atoms with Crippen molar-refractivity contribution in [1.29, 1.82) is 5.26 Å². The molecule has 140 valence electrons. The lowest BCUT2D eigenvalue weighted by Crippen LogP contribution is -2.48. The predicted molar refractivity (Wildman–Crippen MR) is 104 cm³/mol. The average Bonchev–Trinajstić information content (AvgIpc) is 3.09. The lowest BCUT2D eigenvalue weighted by molar-refractivity contribution is 0.0938. The van der Waals surface area contributed by atoms with Gasteiger partial charge in [-0.15, -0.1) is 11.3 Å². The number of nitrogens with zero attached hydrogens (tertiary/aromatic N) is 3. The molecule has 0 aromatic carbocycles. The number of likely N-dealkylation sites (tertiary alicyclic amines) is 2. The third kappa shape index (κ3) is 4.40. The lowest BCUT2D eigenvalue weighted by Gasteiger charge is -2.37. The number of halogens is 1. The summed E-state index contributed by atoms with van der Waals surface area (Å²) in [6.45, 7) is 3.75. The molecule has 7 heteroatoms. The van der Waals surface area contributed by atoms with E-state index in [1.165, 1.54) is 11.3 Å². The summed E-state index contributed by atoms with van der Waals surface area (Å²) in [5, 5.41) is 9.55. The van der Waals surface area contributed by atoms with Crippen LogP contribution in [0.4, 0.5) is 4.79 Å². The summed E-state index contributed by atoms with van der Waals surface area (Å²) in [6, 6.07) is 6.20. The number of rotatable bonds is 3. The molecule has 2 aliphatic heterocycles. The molecule has 0 bridgehead atoms. The topological polar surface area (TPSA) is 56.6 Å². The first-order valence-corrected chi connectivity index (χ1v) is 10.2. The number of carbonyl (C=O) groups excluding carboxylic acids is 1. The van der Waals surface area contributed by atoms with Crippen molar-refractivity contribution in [3.8, 4) is 6.07 Å². The van der Waals surface area contributed by atoms with Crippen molar-refractivity contribution in [3.05, 3.63) is 26.9 Å². The predicted octanol–water partition coefficient (Wildman–Crippen LogP) is 4.25. The lowest BCUT2D eigenvalue weighted by atomic mass is 9.96. The van der Waals surface area contributed by atoms with Gasteiger partial charge in [0.15, 0.2) is 0 Å². The van der Waals surface area contributed by atoms with Crippen molar-refractivity contribution in [2.75, 3.05) is 39.9 Å². The highest BCUT2D eigenvalue weighted by Crippen LogP contribution is 2.33. The highest BCUT2D eigenvalue weighted by molar-refractivity contribution is 7.17. The number of carbonyl (C=O) groups is 1. The molecule has 3 rings (SSSR count). The van der Waals surface area contributed by atoms with Crippen LogP contribution in [-0.2, 0) is 4.74 Å². The van der Waals surface area contributed by atoms with Gasteiger partial charge in [0.2, 0.25) is 0 Å². The van der Waals surface area contributed by atoms with Crippen LogP contribution >= 0.6 is 22.9 Å². The molecule has 0 saturated carbocycles. The van der Waals surface area contributed by atoms with Gasteiger partial charge in [-0.2, -0.15) is 5.26 Å². The Hall–Kier alpha value is -1.55. The van der Waals surface area contributed by atoms with E-state index in [2.05, 4.69) is 6.07 Å². The van der Waals surface area contributed by atoms with E-state index < -0.39 is 0 Å². The van der Waals surface area contributed by atoms with Gasteiger partial charge in [0.05, 0.1) is 9.91 Å². The summed E-state index contributed by atoms with van der Waals surface area (Å²) in [5.74, 6) is 0.566.